The molecule has 0 aliphatic carbocycles. The van der Waals surface area contributed by atoms with Crippen LogP contribution in [0.15, 0.2) is 24.3 Å². The molecule has 1 amide bonds. The molecule has 26 heavy (non-hydrogen) atoms. The number of nitrogens with zero attached hydrogens (tertiary/aromatic N) is 2. The van der Waals surface area contributed by atoms with Gasteiger partial charge in [-0.15, -0.1) is 0 Å². The highest BCUT2D eigenvalue weighted by molar-refractivity contribution is 5.78. The van der Waals surface area contributed by atoms with Crippen LogP contribution >= 0.6 is 0 Å². The van der Waals surface area contributed by atoms with E-state index in [-0.39, 0.29) is 18.6 Å². The summed E-state index contributed by atoms with van der Waals surface area (Å²) in [5, 5.41) is 0. The lowest BCUT2D eigenvalue weighted by Crippen LogP contribution is -2.36. The molecule has 1 aromatic carbocycles. The Bertz CT molecular complexity index is 632. The SMILES string of the molecule is COc1ccccc1OCC(=O)N1C[C@@H]2[C@H](CN3CCCC3)CO[C@@H]2C1. The van der Waals surface area contributed by atoms with Gasteiger partial charge < -0.3 is 24.0 Å². The third-order valence-corrected chi connectivity index (χ3v) is 5.90. The van der Waals surface area contributed by atoms with Crippen LogP contribution in [0.5, 0.6) is 11.5 Å². The monoisotopic (exact) mass is 360 g/mol. The molecule has 0 spiro atoms. The Balaban J connectivity index is 1.30. The molecule has 0 saturated carbocycles. The summed E-state index contributed by atoms with van der Waals surface area (Å²) in [4.78, 5) is 17.0. The van der Waals surface area contributed by atoms with E-state index in [1.807, 2.05) is 29.2 Å². The largest absolute Gasteiger partial charge is 0.493 e. The van der Waals surface area contributed by atoms with Gasteiger partial charge in [-0.05, 0) is 38.1 Å². The number of benzene rings is 1. The molecule has 3 fully saturated rings. The summed E-state index contributed by atoms with van der Waals surface area (Å²) in [5.74, 6) is 2.28. The Morgan fingerprint density at radius 1 is 1.19 bits per heavy atom. The summed E-state index contributed by atoms with van der Waals surface area (Å²) in [6.07, 6.45) is 2.82. The molecule has 0 aromatic heterocycles. The van der Waals surface area contributed by atoms with Crippen LogP contribution in [0.2, 0.25) is 0 Å². The molecule has 142 valence electrons. The van der Waals surface area contributed by atoms with Crippen LogP contribution in [0.4, 0.5) is 0 Å². The van der Waals surface area contributed by atoms with Crippen LogP contribution in [-0.4, -0.2) is 74.9 Å². The van der Waals surface area contributed by atoms with Crippen molar-refractivity contribution in [3.05, 3.63) is 24.3 Å². The van der Waals surface area contributed by atoms with Crippen molar-refractivity contribution < 1.29 is 19.0 Å². The first-order valence-corrected chi connectivity index (χ1v) is 9.62. The van der Waals surface area contributed by atoms with Crippen LogP contribution in [0.1, 0.15) is 12.8 Å². The van der Waals surface area contributed by atoms with Crippen molar-refractivity contribution in [1.29, 1.82) is 0 Å². The van der Waals surface area contributed by atoms with Gasteiger partial charge in [-0.2, -0.15) is 0 Å². The minimum Gasteiger partial charge on any atom is -0.493 e. The van der Waals surface area contributed by atoms with E-state index in [4.69, 9.17) is 14.2 Å². The summed E-state index contributed by atoms with van der Waals surface area (Å²) in [5.41, 5.74) is 0. The maximum atomic E-state index is 12.6. The summed E-state index contributed by atoms with van der Waals surface area (Å²) >= 11 is 0. The minimum absolute atomic E-state index is 0.0221. The number of ether oxygens (including phenoxy) is 3. The molecule has 0 radical (unpaired) electrons. The lowest BCUT2D eigenvalue weighted by Gasteiger charge is -2.24. The van der Waals surface area contributed by atoms with Crippen molar-refractivity contribution in [2.45, 2.75) is 18.9 Å². The highest BCUT2D eigenvalue weighted by Gasteiger charge is 2.45. The van der Waals surface area contributed by atoms with Crippen LogP contribution in [-0.2, 0) is 9.53 Å². The van der Waals surface area contributed by atoms with Crippen LogP contribution in [0, 0.1) is 11.8 Å². The third-order valence-electron chi connectivity index (χ3n) is 5.90. The number of amides is 1. The maximum Gasteiger partial charge on any atom is 0.260 e. The first kappa shape index (κ1) is 17.6. The van der Waals surface area contributed by atoms with Gasteiger partial charge in [-0.1, -0.05) is 12.1 Å². The highest BCUT2D eigenvalue weighted by Crippen LogP contribution is 2.35. The zero-order chi connectivity index (χ0) is 17.9. The van der Waals surface area contributed by atoms with Gasteiger partial charge in [-0.25, -0.2) is 0 Å². The second-order valence-electron chi connectivity index (χ2n) is 7.54. The van der Waals surface area contributed by atoms with Crippen molar-refractivity contribution in [2.75, 3.05) is 53.0 Å². The first-order valence-electron chi connectivity index (χ1n) is 9.62. The number of carbonyl (C=O) groups is 1. The number of likely N-dealkylation sites (tertiary alicyclic amines) is 2. The quantitative estimate of drug-likeness (QED) is 0.772. The normalized spacial score (nSPS) is 28.3. The van der Waals surface area contributed by atoms with Gasteiger partial charge in [0.2, 0.25) is 0 Å². The van der Waals surface area contributed by atoms with Crippen molar-refractivity contribution in [1.82, 2.24) is 9.80 Å². The van der Waals surface area contributed by atoms with E-state index >= 15 is 0 Å². The van der Waals surface area contributed by atoms with E-state index in [0.717, 1.165) is 19.7 Å². The second kappa shape index (κ2) is 7.84. The van der Waals surface area contributed by atoms with Gasteiger partial charge in [0.1, 0.15) is 0 Å². The number of carbonyl (C=O) groups excluding carboxylic acids is 1. The number of fused-ring (bicyclic) bond motifs is 1. The predicted octanol–water partition coefficient (Wildman–Crippen LogP) is 1.64. The fourth-order valence-corrected chi connectivity index (χ4v) is 4.46. The predicted molar refractivity (Wildman–Crippen MR) is 97.5 cm³/mol. The van der Waals surface area contributed by atoms with Crippen LogP contribution < -0.4 is 9.47 Å². The number of hydrogen-bond donors (Lipinski definition) is 0. The van der Waals surface area contributed by atoms with Gasteiger partial charge in [0.15, 0.2) is 18.1 Å². The molecule has 0 unspecified atom stereocenters. The van der Waals surface area contributed by atoms with Gasteiger partial charge in [0.05, 0.1) is 19.8 Å². The highest BCUT2D eigenvalue weighted by atomic mass is 16.5. The average Bonchev–Trinajstić information content (AvgIpc) is 3.39. The molecular formula is C20H28N2O4. The Labute approximate surface area is 155 Å². The number of hydrogen-bond acceptors (Lipinski definition) is 5. The fourth-order valence-electron chi connectivity index (χ4n) is 4.46. The smallest absolute Gasteiger partial charge is 0.260 e. The van der Waals surface area contributed by atoms with E-state index in [9.17, 15) is 4.79 Å². The van der Waals surface area contributed by atoms with Crippen molar-refractivity contribution in [3.8, 4) is 11.5 Å². The van der Waals surface area contributed by atoms with E-state index in [1.165, 1.54) is 25.9 Å². The van der Waals surface area contributed by atoms with E-state index < -0.39 is 0 Å². The lowest BCUT2D eigenvalue weighted by atomic mass is 9.93. The average molecular weight is 360 g/mol. The van der Waals surface area contributed by atoms with Gasteiger partial charge in [0, 0.05) is 31.5 Å². The zero-order valence-electron chi connectivity index (χ0n) is 15.4. The summed E-state index contributed by atoms with van der Waals surface area (Å²) in [7, 11) is 1.60. The molecule has 1 aromatic rings. The molecule has 3 saturated heterocycles. The molecule has 0 bridgehead atoms. The van der Waals surface area contributed by atoms with Gasteiger partial charge in [0.25, 0.3) is 5.91 Å². The number of rotatable bonds is 6. The summed E-state index contributed by atoms with van der Waals surface area (Å²) in [6, 6.07) is 7.41. The van der Waals surface area contributed by atoms with E-state index in [2.05, 4.69) is 4.90 Å². The Hall–Kier alpha value is -1.79. The molecule has 0 N–H and O–H groups in total. The summed E-state index contributed by atoms with van der Waals surface area (Å²) < 4.78 is 17.0. The van der Waals surface area contributed by atoms with Crippen molar-refractivity contribution in [2.24, 2.45) is 11.8 Å². The van der Waals surface area contributed by atoms with Crippen molar-refractivity contribution in [3.63, 3.8) is 0 Å². The topological polar surface area (TPSA) is 51.2 Å². The third kappa shape index (κ3) is 3.67. The van der Waals surface area contributed by atoms with Crippen LogP contribution in [0.3, 0.4) is 0 Å². The molecule has 4 rings (SSSR count). The fraction of sp³-hybridized carbons (Fsp3) is 0.650. The minimum atomic E-state index is 0.0221. The maximum absolute atomic E-state index is 12.6. The molecule has 6 heteroatoms. The van der Waals surface area contributed by atoms with Crippen molar-refractivity contribution >= 4 is 5.91 Å². The van der Waals surface area contributed by atoms with E-state index in [0.29, 0.717) is 29.9 Å². The van der Waals surface area contributed by atoms with Crippen LogP contribution in [0.25, 0.3) is 0 Å². The molecule has 3 heterocycles. The molecular weight excluding hydrogens is 332 g/mol. The number of methoxy groups -OCH3 is 1. The second-order valence-corrected chi connectivity index (χ2v) is 7.54. The van der Waals surface area contributed by atoms with Gasteiger partial charge >= 0.3 is 0 Å². The first-order chi connectivity index (χ1) is 12.7. The Kier molecular flexibility index (Phi) is 5.31. The summed E-state index contributed by atoms with van der Waals surface area (Å²) in [6.45, 7) is 5.89. The Morgan fingerprint density at radius 2 is 1.96 bits per heavy atom. The standard InChI is InChI=1S/C20H28N2O4/c1-24-17-6-2-3-7-18(17)26-14-20(23)22-11-16-15(13-25-19(16)12-22)10-21-8-4-5-9-21/h2-3,6-7,15-16,19H,4-5,8-14H2,1H3/t15-,16-,19-/m1/s1. The zero-order valence-corrected chi connectivity index (χ0v) is 15.4. The van der Waals surface area contributed by atoms with E-state index in [1.54, 1.807) is 7.11 Å². The molecule has 6 nitrogen and oxygen atoms in total. The van der Waals surface area contributed by atoms with Gasteiger partial charge in [-0.3, -0.25) is 4.79 Å². The lowest BCUT2D eigenvalue weighted by molar-refractivity contribution is -0.133. The number of para-hydroxylation sites is 2. The molecule has 3 aliphatic heterocycles. The Morgan fingerprint density at radius 3 is 2.73 bits per heavy atom. The molecule has 3 aliphatic rings. The molecule has 3 atom stereocenters.